The van der Waals surface area contributed by atoms with Crippen molar-refractivity contribution in [3.8, 4) is 0 Å². The molecule has 0 spiro atoms. The molecule has 0 amide bonds. The van der Waals surface area contributed by atoms with Crippen molar-refractivity contribution in [1.29, 1.82) is 0 Å². The topological polar surface area (TPSA) is 56.0 Å². The van der Waals surface area contributed by atoms with Crippen molar-refractivity contribution in [1.82, 2.24) is 24.2 Å². The van der Waals surface area contributed by atoms with Gasteiger partial charge < -0.3 is 4.90 Å². The summed E-state index contributed by atoms with van der Waals surface area (Å²) in [4.78, 5) is 19.3. The van der Waals surface area contributed by atoms with Crippen LogP contribution in [0.3, 0.4) is 0 Å². The molecule has 25 heavy (non-hydrogen) atoms. The molecule has 0 saturated carbocycles. The predicted octanol–water partition coefficient (Wildman–Crippen LogP) is 2.01. The van der Waals surface area contributed by atoms with Crippen LogP contribution in [-0.4, -0.2) is 43.9 Å². The number of hydrogen-bond acceptors (Lipinski definition) is 4. The summed E-state index contributed by atoms with van der Waals surface area (Å²) in [5.74, 6) is 0.586. The Morgan fingerprint density at radius 1 is 1.20 bits per heavy atom. The smallest absolute Gasteiger partial charge is 0.281 e. The van der Waals surface area contributed by atoms with Crippen molar-refractivity contribution in [2.45, 2.75) is 25.3 Å². The lowest BCUT2D eigenvalue weighted by Crippen LogP contribution is -2.37. The molecule has 4 rings (SSSR count). The van der Waals surface area contributed by atoms with Crippen molar-refractivity contribution < 1.29 is 0 Å². The third-order valence-corrected chi connectivity index (χ3v) is 5.04. The highest BCUT2D eigenvalue weighted by molar-refractivity contribution is 5.71. The lowest BCUT2D eigenvalue weighted by Gasteiger charge is -2.33. The van der Waals surface area contributed by atoms with Gasteiger partial charge in [-0.2, -0.15) is 5.10 Å². The molecule has 0 bridgehead atoms. The summed E-state index contributed by atoms with van der Waals surface area (Å²) in [6.07, 6.45) is 5.86. The number of likely N-dealkylation sites (tertiary alicyclic amines) is 1. The molecule has 2 aromatic heterocycles. The molecule has 0 N–H and O–H groups in total. The van der Waals surface area contributed by atoms with E-state index in [-0.39, 0.29) is 5.56 Å². The maximum atomic E-state index is 12.5. The number of nitrogens with zero attached hydrogens (tertiary/aromatic N) is 5. The van der Waals surface area contributed by atoms with Gasteiger partial charge in [-0.1, -0.05) is 30.3 Å². The van der Waals surface area contributed by atoms with Crippen LogP contribution in [0.4, 0.5) is 0 Å². The molecule has 1 aliphatic rings. The summed E-state index contributed by atoms with van der Waals surface area (Å²) in [5, 5.41) is 4.23. The second-order valence-corrected chi connectivity index (χ2v) is 6.83. The first-order valence-electron chi connectivity index (χ1n) is 8.87. The minimum atomic E-state index is -0.0535. The quantitative estimate of drug-likeness (QED) is 0.731. The van der Waals surface area contributed by atoms with E-state index >= 15 is 0 Å². The molecule has 1 fully saturated rings. The van der Waals surface area contributed by atoms with Gasteiger partial charge in [-0.15, -0.1) is 0 Å². The molecule has 3 aromatic rings. The Hall–Kier alpha value is -2.47. The molecule has 0 unspecified atom stereocenters. The fourth-order valence-corrected chi connectivity index (χ4v) is 3.71. The molecule has 6 nitrogen and oxygen atoms in total. The number of benzene rings is 1. The van der Waals surface area contributed by atoms with Crippen LogP contribution in [0, 0.1) is 0 Å². The van der Waals surface area contributed by atoms with Gasteiger partial charge in [0.05, 0.1) is 12.5 Å². The second-order valence-electron chi connectivity index (χ2n) is 6.83. The summed E-state index contributed by atoms with van der Waals surface area (Å²) >= 11 is 0. The van der Waals surface area contributed by atoms with Gasteiger partial charge in [-0.3, -0.25) is 14.0 Å². The Kier molecular flexibility index (Phi) is 4.36. The second kappa shape index (κ2) is 6.80. The fourth-order valence-electron chi connectivity index (χ4n) is 3.71. The Morgan fingerprint density at radius 3 is 2.88 bits per heavy atom. The number of aromatic nitrogens is 4. The fraction of sp³-hybridized carbons (Fsp3) is 0.421. The van der Waals surface area contributed by atoms with E-state index in [1.54, 1.807) is 21.8 Å². The van der Waals surface area contributed by atoms with Crippen molar-refractivity contribution in [3.05, 3.63) is 58.8 Å². The third kappa shape index (κ3) is 3.35. The average Bonchev–Trinajstić information content (AvgIpc) is 3.04. The summed E-state index contributed by atoms with van der Waals surface area (Å²) in [7, 11) is 1.81. The van der Waals surface area contributed by atoms with Gasteiger partial charge in [0.1, 0.15) is 5.52 Å². The molecule has 1 aliphatic heterocycles. The number of rotatable bonds is 4. The Morgan fingerprint density at radius 2 is 2.04 bits per heavy atom. The zero-order valence-electron chi connectivity index (χ0n) is 14.5. The first-order chi connectivity index (χ1) is 12.2. The minimum absolute atomic E-state index is 0.0535. The Bertz CT molecular complexity index is 914. The first kappa shape index (κ1) is 16.0. The molecular weight excluding hydrogens is 314 g/mol. The molecule has 0 radical (unpaired) electrons. The lowest BCUT2D eigenvalue weighted by molar-refractivity contribution is 0.200. The van der Waals surface area contributed by atoms with Crippen LogP contribution in [0.5, 0.6) is 0 Å². The van der Waals surface area contributed by atoms with Crippen molar-refractivity contribution >= 4 is 11.0 Å². The summed E-state index contributed by atoms with van der Waals surface area (Å²) in [6, 6.07) is 10.7. The monoisotopic (exact) mass is 337 g/mol. The minimum Gasteiger partial charge on any atom is -0.301 e. The van der Waals surface area contributed by atoms with E-state index in [9.17, 15) is 4.79 Å². The highest BCUT2D eigenvalue weighted by Crippen LogP contribution is 2.26. The van der Waals surface area contributed by atoms with Crippen LogP contribution >= 0.6 is 0 Å². The Labute approximate surface area is 146 Å². The molecule has 6 heteroatoms. The number of hydrogen-bond donors (Lipinski definition) is 0. The van der Waals surface area contributed by atoms with E-state index in [1.807, 2.05) is 7.05 Å². The summed E-state index contributed by atoms with van der Waals surface area (Å²) in [5.41, 5.74) is 2.47. The zero-order chi connectivity index (χ0) is 17.2. The van der Waals surface area contributed by atoms with Crippen LogP contribution in [-0.2, 0) is 13.6 Å². The average molecular weight is 337 g/mol. The van der Waals surface area contributed by atoms with Gasteiger partial charge in [0.25, 0.3) is 5.56 Å². The molecule has 0 aliphatic carbocycles. The van der Waals surface area contributed by atoms with E-state index in [0.717, 1.165) is 19.6 Å². The highest BCUT2D eigenvalue weighted by atomic mass is 16.1. The molecular formula is C19H23N5O. The van der Waals surface area contributed by atoms with E-state index in [2.05, 4.69) is 45.3 Å². The van der Waals surface area contributed by atoms with Gasteiger partial charge >= 0.3 is 0 Å². The van der Waals surface area contributed by atoms with E-state index in [0.29, 0.717) is 23.5 Å². The largest absolute Gasteiger partial charge is 0.301 e. The molecule has 130 valence electrons. The Balaban J connectivity index is 1.44. The van der Waals surface area contributed by atoms with E-state index < -0.39 is 0 Å². The summed E-state index contributed by atoms with van der Waals surface area (Å²) in [6.45, 7) is 3.67. The third-order valence-electron chi connectivity index (χ3n) is 5.04. The zero-order valence-corrected chi connectivity index (χ0v) is 14.5. The number of aryl methyl sites for hydroxylation is 1. The summed E-state index contributed by atoms with van der Waals surface area (Å²) < 4.78 is 3.32. The normalized spacial score (nSPS) is 18.7. The highest BCUT2D eigenvalue weighted by Gasteiger charge is 2.21. The van der Waals surface area contributed by atoms with Crippen LogP contribution in [0.2, 0.25) is 0 Å². The predicted molar refractivity (Wildman–Crippen MR) is 97.6 cm³/mol. The SMILES string of the molecule is Cn1cc2ncn(CCN3CCC[C@H](c4ccccc4)C3)c(=O)c2n1. The van der Waals surface area contributed by atoms with Crippen molar-refractivity contribution in [2.75, 3.05) is 19.6 Å². The standard InChI is InChI=1S/C19H23N5O/c1-22-13-17-18(21-22)19(25)24(14-20-17)11-10-23-9-5-8-16(12-23)15-6-3-2-4-7-15/h2-4,6-7,13-14,16H,5,8-12H2,1H3/t16-/m0/s1. The van der Waals surface area contributed by atoms with Gasteiger partial charge in [-0.05, 0) is 30.9 Å². The van der Waals surface area contributed by atoms with Gasteiger partial charge in [0.15, 0.2) is 5.52 Å². The van der Waals surface area contributed by atoms with Crippen LogP contribution in [0.25, 0.3) is 11.0 Å². The molecule has 1 saturated heterocycles. The molecule has 1 atom stereocenters. The molecule has 1 aromatic carbocycles. The van der Waals surface area contributed by atoms with Crippen molar-refractivity contribution in [3.63, 3.8) is 0 Å². The number of piperidine rings is 1. The lowest BCUT2D eigenvalue weighted by atomic mass is 9.91. The maximum absolute atomic E-state index is 12.5. The van der Waals surface area contributed by atoms with E-state index in [1.165, 1.54) is 18.4 Å². The number of fused-ring (bicyclic) bond motifs is 1. The van der Waals surface area contributed by atoms with Crippen LogP contribution < -0.4 is 5.56 Å². The van der Waals surface area contributed by atoms with Crippen molar-refractivity contribution in [2.24, 2.45) is 7.05 Å². The first-order valence-corrected chi connectivity index (χ1v) is 8.87. The van der Waals surface area contributed by atoms with Crippen LogP contribution in [0.15, 0.2) is 47.7 Å². The van der Waals surface area contributed by atoms with Gasteiger partial charge in [0, 0.05) is 26.7 Å². The van der Waals surface area contributed by atoms with Crippen LogP contribution in [0.1, 0.15) is 24.3 Å². The van der Waals surface area contributed by atoms with E-state index in [4.69, 9.17) is 0 Å². The van der Waals surface area contributed by atoms with Gasteiger partial charge in [-0.25, -0.2) is 4.98 Å². The maximum Gasteiger partial charge on any atom is 0.281 e. The van der Waals surface area contributed by atoms with Gasteiger partial charge in [0.2, 0.25) is 0 Å². The molecule has 3 heterocycles.